The third-order valence-electron chi connectivity index (χ3n) is 7.98. The number of amides is 4. The summed E-state index contributed by atoms with van der Waals surface area (Å²) in [6.45, 7) is 3.33. The maximum atomic E-state index is 14.7. The van der Waals surface area contributed by atoms with Gasteiger partial charge in [0.2, 0.25) is 0 Å². The van der Waals surface area contributed by atoms with Gasteiger partial charge in [0.15, 0.2) is 0 Å². The molecule has 0 unspecified atom stereocenters. The minimum atomic E-state index is -5.00. The molecule has 0 spiro atoms. The van der Waals surface area contributed by atoms with Gasteiger partial charge in [-0.05, 0) is 67.5 Å². The highest BCUT2D eigenvalue weighted by Gasteiger charge is 2.45. The molecule has 0 atom stereocenters. The number of ether oxygens (including phenoxy) is 1. The van der Waals surface area contributed by atoms with E-state index in [1.54, 1.807) is 23.1 Å². The number of benzene rings is 2. The molecule has 13 heteroatoms. The summed E-state index contributed by atoms with van der Waals surface area (Å²) in [5.41, 5.74) is 1.10. The number of alkyl halides is 3. The monoisotopic (exact) mass is 605 g/mol. The molecule has 3 aliphatic rings. The van der Waals surface area contributed by atoms with E-state index in [-0.39, 0.29) is 22.8 Å². The van der Waals surface area contributed by atoms with Gasteiger partial charge in [0.1, 0.15) is 5.82 Å². The molecule has 2 heterocycles. The molecule has 2 aliphatic heterocycles. The SMILES string of the molecule is O=C(NCC1CC1)Nc1ccc(C(=O)N2CCN(Cc3cccc(N(C(=O)C(F)(F)F)C4CCOCC4)c3)CC2)cc1F. The zero-order valence-electron chi connectivity index (χ0n) is 23.7. The zero-order chi connectivity index (χ0) is 30.6. The van der Waals surface area contributed by atoms with Crippen LogP contribution in [0.2, 0.25) is 0 Å². The predicted molar refractivity (Wildman–Crippen MR) is 151 cm³/mol. The van der Waals surface area contributed by atoms with Crippen molar-refractivity contribution in [1.82, 2.24) is 15.1 Å². The van der Waals surface area contributed by atoms with E-state index >= 15 is 0 Å². The lowest BCUT2D eigenvalue weighted by molar-refractivity contribution is -0.171. The fraction of sp³-hybridized carbons (Fsp3) is 0.500. The zero-order valence-corrected chi connectivity index (χ0v) is 23.7. The minimum absolute atomic E-state index is 0.00999. The van der Waals surface area contributed by atoms with Gasteiger partial charge in [-0.25, -0.2) is 9.18 Å². The highest BCUT2D eigenvalue weighted by Crippen LogP contribution is 2.30. The van der Waals surface area contributed by atoms with E-state index in [0.717, 1.165) is 29.4 Å². The highest BCUT2D eigenvalue weighted by atomic mass is 19.4. The molecular weight excluding hydrogens is 570 g/mol. The molecule has 0 radical (unpaired) electrons. The van der Waals surface area contributed by atoms with Crippen LogP contribution in [0.15, 0.2) is 42.5 Å². The van der Waals surface area contributed by atoms with Crippen LogP contribution in [0.3, 0.4) is 0 Å². The van der Waals surface area contributed by atoms with Crippen molar-refractivity contribution in [3.63, 3.8) is 0 Å². The summed E-state index contributed by atoms with van der Waals surface area (Å²) in [6, 6.07) is 9.43. The molecule has 0 aromatic heterocycles. The molecule has 2 N–H and O–H groups in total. The van der Waals surface area contributed by atoms with Crippen molar-refractivity contribution in [1.29, 1.82) is 0 Å². The van der Waals surface area contributed by atoms with Crippen LogP contribution in [-0.4, -0.2) is 85.8 Å². The van der Waals surface area contributed by atoms with E-state index < -0.39 is 30.0 Å². The maximum absolute atomic E-state index is 14.7. The van der Waals surface area contributed by atoms with Gasteiger partial charge in [-0.3, -0.25) is 14.5 Å². The number of hydrogen-bond acceptors (Lipinski definition) is 5. The van der Waals surface area contributed by atoms with Crippen LogP contribution in [0.4, 0.5) is 33.7 Å². The first-order chi connectivity index (χ1) is 20.6. The summed E-state index contributed by atoms with van der Waals surface area (Å²) in [5.74, 6) is -2.43. The van der Waals surface area contributed by atoms with E-state index in [1.165, 1.54) is 18.2 Å². The number of nitrogens with one attached hydrogen (secondary N) is 2. The van der Waals surface area contributed by atoms with Gasteiger partial charge in [-0.2, -0.15) is 13.2 Å². The van der Waals surface area contributed by atoms with E-state index in [1.807, 2.05) is 0 Å². The molecule has 1 aliphatic carbocycles. The van der Waals surface area contributed by atoms with Gasteiger partial charge in [-0.15, -0.1) is 0 Å². The molecule has 2 aromatic rings. The fourth-order valence-electron chi connectivity index (χ4n) is 5.40. The smallest absolute Gasteiger partial charge is 0.381 e. The summed E-state index contributed by atoms with van der Waals surface area (Å²) in [4.78, 5) is 42.0. The van der Waals surface area contributed by atoms with E-state index in [0.29, 0.717) is 71.2 Å². The lowest BCUT2D eigenvalue weighted by Gasteiger charge is -2.36. The van der Waals surface area contributed by atoms with Crippen molar-refractivity contribution < 1.29 is 36.7 Å². The van der Waals surface area contributed by atoms with Gasteiger partial charge in [0.25, 0.3) is 5.91 Å². The average molecular weight is 606 g/mol. The number of halogens is 4. The third kappa shape index (κ3) is 8.02. The molecule has 2 saturated heterocycles. The Hall–Kier alpha value is -3.71. The number of rotatable bonds is 8. The molecule has 43 heavy (non-hydrogen) atoms. The normalized spacial score (nSPS) is 18.3. The van der Waals surface area contributed by atoms with Crippen molar-refractivity contribution in [3.8, 4) is 0 Å². The minimum Gasteiger partial charge on any atom is -0.381 e. The van der Waals surface area contributed by atoms with Crippen LogP contribution in [0, 0.1) is 11.7 Å². The number of anilines is 2. The average Bonchev–Trinajstić information content (AvgIpc) is 3.82. The molecule has 5 rings (SSSR count). The Balaban J connectivity index is 1.16. The Bertz CT molecular complexity index is 1320. The standard InChI is InChI=1S/C30H35F4N5O4/c31-25-17-22(6-7-26(25)36-29(42)35-18-20-4-5-20)27(40)38-12-10-37(11-13-38)19-21-2-1-3-24(16-21)39(28(41)30(32,33)34)23-8-14-43-15-9-23/h1-3,6-7,16-17,20,23H,4-5,8-15,18-19H2,(H2,35,36,42). The Kier molecular flexibility index (Phi) is 9.50. The Morgan fingerprint density at radius 1 is 0.953 bits per heavy atom. The Morgan fingerprint density at radius 2 is 1.67 bits per heavy atom. The van der Waals surface area contributed by atoms with Gasteiger partial charge >= 0.3 is 18.1 Å². The quantitative estimate of drug-likeness (QED) is 0.436. The Morgan fingerprint density at radius 3 is 2.33 bits per heavy atom. The second kappa shape index (κ2) is 13.3. The molecule has 232 valence electrons. The number of carbonyl (C=O) groups is 3. The summed E-state index contributed by atoms with van der Waals surface area (Å²) in [7, 11) is 0. The van der Waals surface area contributed by atoms with Crippen LogP contribution in [0.1, 0.15) is 41.6 Å². The van der Waals surface area contributed by atoms with Crippen molar-refractivity contribution in [2.45, 2.75) is 44.4 Å². The molecule has 3 fully saturated rings. The fourth-order valence-corrected chi connectivity index (χ4v) is 5.40. The van der Waals surface area contributed by atoms with Gasteiger partial charge in [-0.1, -0.05) is 12.1 Å². The summed E-state index contributed by atoms with van der Waals surface area (Å²) < 4.78 is 60.4. The van der Waals surface area contributed by atoms with E-state index in [9.17, 15) is 31.9 Å². The number of nitrogens with zero attached hydrogens (tertiary/aromatic N) is 3. The summed E-state index contributed by atoms with van der Waals surface area (Å²) in [5, 5.41) is 5.17. The first-order valence-electron chi connectivity index (χ1n) is 14.5. The van der Waals surface area contributed by atoms with E-state index in [4.69, 9.17) is 4.74 Å². The highest BCUT2D eigenvalue weighted by molar-refractivity contribution is 5.98. The van der Waals surface area contributed by atoms with Crippen LogP contribution in [0.25, 0.3) is 0 Å². The van der Waals surface area contributed by atoms with Crippen molar-refractivity contribution in [2.24, 2.45) is 5.92 Å². The third-order valence-corrected chi connectivity index (χ3v) is 7.98. The largest absolute Gasteiger partial charge is 0.471 e. The van der Waals surface area contributed by atoms with Crippen LogP contribution < -0.4 is 15.5 Å². The molecule has 4 amide bonds. The Labute approximate surface area is 247 Å². The number of carbonyl (C=O) groups excluding carboxylic acids is 3. The van der Waals surface area contributed by atoms with Crippen molar-refractivity contribution >= 4 is 29.2 Å². The second-order valence-electron chi connectivity index (χ2n) is 11.2. The molecule has 2 aromatic carbocycles. The van der Waals surface area contributed by atoms with Gasteiger partial charge in [0.05, 0.1) is 5.69 Å². The first-order valence-corrected chi connectivity index (χ1v) is 14.5. The van der Waals surface area contributed by atoms with Crippen molar-refractivity contribution in [3.05, 3.63) is 59.4 Å². The molecule has 1 saturated carbocycles. The predicted octanol–water partition coefficient (Wildman–Crippen LogP) is 4.39. The molecular formula is C30H35F4N5O4. The lowest BCUT2D eigenvalue weighted by Crippen LogP contribution is -2.49. The summed E-state index contributed by atoms with van der Waals surface area (Å²) >= 11 is 0. The summed E-state index contributed by atoms with van der Waals surface area (Å²) in [6.07, 6.45) is -2.20. The van der Waals surface area contributed by atoms with Crippen LogP contribution in [0.5, 0.6) is 0 Å². The topological polar surface area (TPSA) is 94.2 Å². The van der Waals surface area contributed by atoms with Gasteiger partial charge < -0.3 is 25.2 Å². The van der Waals surface area contributed by atoms with Crippen molar-refractivity contribution in [2.75, 3.05) is 56.2 Å². The van der Waals surface area contributed by atoms with Crippen LogP contribution >= 0.6 is 0 Å². The van der Waals surface area contributed by atoms with Gasteiger partial charge in [0, 0.05) is 69.8 Å². The number of piperazine rings is 1. The molecule has 9 nitrogen and oxygen atoms in total. The number of urea groups is 1. The second-order valence-corrected chi connectivity index (χ2v) is 11.2. The number of hydrogen-bond donors (Lipinski definition) is 2. The molecule has 0 bridgehead atoms. The maximum Gasteiger partial charge on any atom is 0.471 e. The first kappa shape index (κ1) is 30.7. The van der Waals surface area contributed by atoms with Crippen LogP contribution in [-0.2, 0) is 16.1 Å². The lowest BCUT2D eigenvalue weighted by atomic mass is 10.0. The van der Waals surface area contributed by atoms with E-state index in [2.05, 4.69) is 15.5 Å².